The van der Waals surface area contributed by atoms with E-state index in [9.17, 15) is 9.59 Å². The summed E-state index contributed by atoms with van der Waals surface area (Å²) in [4.78, 5) is 24.1. The molecule has 2 N–H and O–H groups in total. The van der Waals surface area contributed by atoms with Crippen molar-refractivity contribution in [1.82, 2.24) is 5.32 Å². The first-order valence-corrected chi connectivity index (χ1v) is 8.02. The van der Waals surface area contributed by atoms with E-state index in [-0.39, 0.29) is 18.4 Å². The van der Waals surface area contributed by atoms with Crippen LogP contribution in [0, 0.1) is 0 Å². The van der Waals surface area contributed by atoms with Crippen molar-refractivity contribution in [3.8, 4) is 5.75 Å². The molecule has 0 unspecified atom stereocenters. The smallest absolute Gasteiger partial charge is 0.251 e. The molecule has 0 radical (unpaired) electrons. The van der Waals surface area contributed by atoms with E-state index < -0.39 is 0 Å². The monoisotopic (exact) mass is 326 g/mol. The molecule has 0 aromatic heterocycles. The zero-order valence-electron chi connectivity index (χ0n) is 14.0. The van der Waals surface area contributed by atoms with Crippen LogP contribution >= 0.6 is 0 Å². The first-order valence-electron chi connectivity index (χ1n) is 8.02. The second kappa shape index (κ2) is 8.72. The van der Waals surface area contributed by atoms with Gasteiger partial charge < -0.3 is 15.4 Å². The van der Waals surface area contributed by atoms with E-state index in [0.717, 1.165) is 17.7 Å². The van der Waals surface area contributed by atoms with E-state index in [4.69, 9.17) is 4.74 Å². The number of anilines is 1. The Bertz CT molecular complexity index is 696. The second-order valence-corrected chi connectivity index (χ2v) is 5.20. The molecule has 0 spiro atoms. The molecule has 0 aliphatic rings. The van der Waals surface area contributed by atoms with Gasteiger partial charge in [-0.25, -0.2) is 0 Å². The van der Waals surface area contributed by atoms with Gasteiger partial charge in [0.15, 0.2) is 0 Å². The van der Waals surface area contributed by atoms with Crippen molar-refractivity contribution in [1.29, 1.82) is 0 Å². The van der Waals surface area contributed by atoms with Crippen LogP contribution in [0.25, 0.3) is 0 Å². The van der Waals surface area contributed by atoms with Crippen molar-refractivity contribution in [2.75, 3.05) is 18.5 Å². The molecule has 5 nitrogen and oxygen atoms in total. The maximum absolute atomic E-state index is 12.1. The lowest BCUT2D eigenvalue weighted by Gasteiger charge is -2.10. The molecular formula is C19H22N2O3. The van der Waals surface area contributed by atoms with E-state index in [0.29, 0.717) is 17.9 Å². The van der Waals surface area contributed by atoms with Crippen molar-refractivity contribution in [3.05, 3.63) is 59.7 Å². The number of amides is 2. The van der Waals surface area contributed by atoms with Gasteiger partial charge in [-0.2, -0.15) is 0 Å². The summed E-state index contributed by atoms with van der Waals surface area (Å²) >= 11 is 0. The summed E-state index contributed by atoms with van der Waals surface area (Å²) < 4.78 is 5.33. The lowest BCUT2D eigenvalue weighted by atomic mass is 10.1. The molecule has 0 saturated carbocycles. The van der Waals surface area contributed by atoms with Gasteiger partial charge >= 0.3 is 0 Å². The predicted molar refractivity (Wildman–Crippen MR) is 94.4 cm³/mol. The molecule has 0 aliphatic heterocycles. The number of carbonyl (C=O) groups excluding carboxylic acids is 2. The molecule has 0 heterocycles. The maximum Gasteiger partial charge on any atom is 0.251 e. The molecule has 2 aromatic carbocycles. The Morgan fingerprint density at radius 2 is 1.71 bits per heavy atom. The minimum absolute atomic E-state index is 0.0793. The summed E-state index contributed by atoms with van der Waals surface area (Å²) in [5.74, 6) is 0.162. The van der Waals surface area contributed by atoms with Gasteiger partial charge in [0.1, 0.15) is 5.75 Å². The van der Waals surface area contributed by atoms with Crippen LogP contribution in [0.3, 0.4) is 0 Å². The molecule has 126 valence electrons. The second-order valence-electron chi connectivity index (χ2n) is 5.20. The topological polar surface area (TPSA) is 67.4 Å². The van der Waals surface area contributed by atoms with Crippen LogP contribution < -0.4 is 15.4 Å². The van der Waals surface area contributed by atoms with Gasteiger partial charge in [0.2, 0.25) is 5.91 Å². The molecule has 0 bridgehead atoms. The van der Waals surface area contributed by atoms with E-state index in [1.807, 2.05) is 38.1 Å². The molecule has 0 saturated heterocycles. The molecule has 5 heteroatoms. The highest BCUT2D eigenvalue weighted by Gasteiger charge is 2.09. The summed E-state index contributed by atoms with van der Waals surface area (Å²) in [6.07, 6.45) is 0.828. The number of hydrogen-bond acceptors (Lipinski definition) is 3. The highest BCUT2D eigenvalue weighted by molar-refractivity contribution is 5.99. The molecule has 2 rings (SSSR count). The van der Waals surface area contributed by atoms with Gasteiger partial charge in [-0.1, -0.05) is 25.1 Å². The highest BCUT2D eigenvalue weighted by atomic mass is 16.5. The number of nitrogens with one attached hydrogen (secondary N) is 2. The normalized spacial score (nSPS) is 10.1. The van der Waals surface area contributed by atoms with Gasteiger partial charge in [0.25, 0.3) is 5.91 Å². The number of benzene rings is 2. The summed E-state index contributed by atoms with van der Waals surface area (Å²) in [6.45, 7) is 4.42. The predicted octanol–water partition coefficient (Wildman–Crippen LogP) is 3.02. The summed E-state index contributed by atoms with van der Waals surface area (Å²) in [6, 6.07) is 14.4. The average molecular weight is 326 g/mol. The number of rotatable bonds is 7. The SMILES string of the molecule is CCOc1ccc(C(=O)NCC(=O)Nc2ccccc2CC)cc1. The molecule has 2 aromatic rings. The number of aryl methyl sites for hydroxylation is 1. The Balaban J connectivity index is 1.87. The third kappa shape index (κ3) is 4.84. The van der Waals surface area contributed by atoms with Crippen molar-refractivity contribution in [2.45, 2.75) is 20.3 Å². The fraction of sp³-hybridized carbons (Fsp3) is 0.263. The van der Waals surface area contributed by atoms with Crippen LogP contribution in [-0.4, -0.2) is 25.0 Å². The summed E-state index contributed by atoms with van der Waals surface area (Å²) in [7, 11) is 0. The minimum Gasteiger partial charge on any atom is -0.494 e. The lowest BCUT2D eigenvalue weighted by Crippen LogP contribution is -2.33. The fourth-order valence-electron chi connectivity index (χ4n) is 2.28. The van der Waals surface area contributed by atoms with Crippen LogP contribution in [0.15, 0.2) is 48.5 Å². The highest BCUT2D eigenvalue weighted by Crippen LogP contribution is 2.15. The van der Waals surface area contributed by atoms with Gasteiger partial charge in [0.05, 0.1) is 13.2 Å². The van der Waals surface area contributed by atoms with Crippen LogP contribution in [0.5, 0.6) is 5.75 Å². The molecular weight excluding hydrogens is 304 g/mol. The average Bonchev–Trinajstić information content (AvgIpc) is 2.61. The third-order valence-corrected chi connectivity index (χ3v) is 3.51. The standard InChI is InChI=1S/C19H22N2O3/c1-3-14-7-5-6-8-17(14)21-18(22)13-20-19(23)15-9-11-16(12-10-15)24-4-2/h5-12H,3-4,13H2,1-2H3,(H,20,23)(H,21,22). The van der Waals surface area contributed by atoms with Crippen LogP contribution in [0.2, 0.25) is 0 Å². The van der Waals surface area contributed by atoms with Crippen LogP contribution in [0.4, 0.5) is 5.69 Å². The molecule has 0 atom stereocenters. The zero-order chi connectivity index (χ0) is 17.4. The van der Waals surface area contributed by atoms with E-state index in [1.165, 1.54) is 0 Å². The summed E-state index contributed by atoms with van der Waals surface area (Å²) in [5, 5.41) is 5.44. The van der Waals surface area contributed by atoms with Crippen LogP contribution in [0.1, 0.15) is 29.8 Å². The molecule has 0 aliphatic carbocycles. The number of carbonyl (C=O) groups is 2. The number of ether oxygens (including phenoxy) is 1. The van der Waals surface area contributed by atoms with Gasteiger partial charge in [-0.05, 0) is 49.2 Å². The first kappa shape index (κ1) is 17.5. The zero-order valence-corrected chi connectivity index (χ0v) is 14.0. The molecule has 2 amide bonds. The minimum atomic E-state index is -0.294. The Morgan fingerprint density at radius 3 is 2.38 bits per heavy atom. The van der Waals surface area contributed by atoms with Crippen molar-refractivity contribution >= 4 is 17.5 Å². The van der Waals surface area contributed by atoms with Crippen molar-refractivity contribution in [2.24, 2.45) is 0 Å². The quantitative estimate of drug-likeness (QED) is 0.822. The van der Waals surface area contributed by atoms with E-state index in [2.05, 4.69) is 10.6 Å². The Hall–Kier alpha value is -2.82. The Labute approximate surface area is 142 Å². The van der Waals surface area contributed by atoms with Gasteiger partial charge in [-0.3, -0.25) is 9.59 Å². The third-order valence-electron chi connectivity index (χ3n) is 3.51. The summed E-state index contributed by atoms with van der Waals surface area (Å²) in [5.41, 5.74) is 2.32. The number of hydrogen-bond donors (Lipinski definition) is 2. The molecule has 0 fully saturated rings. The van der Waals surface area contributed by atoms with Crippen molar-refractivity contribution < 1.29 is 14.3 Å². The maximum atomic E-state index is 12.1. The lowest BCUT2D eigenvalue weighted by molar-refractivity contribution is -0.115. The van der Waals surface area contributed by atoms with Crippen LogP contribution in [-0.2, 0) is 11.2 Å². The van der Waals surface area contributed by atoms with Crippen molar-refractivity contribution in [3.63, 3.8) is 0 Å². The largest absolute Gasteiger partial charge is 0.494 e. The molecule has 24 heavy (non-hydrogen) atoms. The van der Waals surface area contributed by atoms with Gasteiger partial charge in [0, 0.05) is 11.3 Å². The van der Waals surface area contributed by atoms with E-state index >= 15 is 0 Å². The van der Waals surface area contributed by atoms with E-state index in [1.54, 1.807) is 24.3 Å². The number of para-hydroxylation sites is 1. The fourth-order valence-corrected chi connectivity index (χ4v) is 2.28. The Morgan fingerprint density at radius 1 is 1.00 bits per heavy atom. The Kier molecular flexibility index (Phi) is 6.37. The first-order chi connectivity index (χ1) is 11.6. The van der Waals surface area contributed by atoms with Gasteiger partial charge in [-0.15, -0.1) is 0 Å².